The van der Waals surface area contributed by atoms with E-state index in [0.29, 0.717) is 0 Å². The molecule has 0 amide bonds. The highest BCUT2D eigenvalue weighted by molar-refractivity contribution is 5.13. The molecule has 0 bridgehead atoms. The van der Waals surface area contributed by atoms with Gasteiger partial charge in [0.15, 0.2) is 0 Å². The highest BCUT2D eigenvalue weighted by Gasteiger charge is 2.65. The Morgan fingerprint density at radius 3 is 0.429 bits per heavy atom. The zero-order valence-electron chi connectivity index (χ0n) is 20.8. The molecular weight excluding hydrogens is 336 g/mol. The van der Waals surface area contributed by atoms with E-state index in [2.05, 4.69) is 76.2 Å². The van der Waals surface area contributed by atoms with Crippen LogP contribution in [0, 0.1) is 101 Å². The lowest BCUT2D eigenvalue weighted by Crippen LogP contribution is -2.61. The smallest absolute Gasteiger partial charge is 0.0318 e. The predicted octanol–water partition coefficient (Wildman–Crippen LogP) is 7.74. The topological polar surface area (TPSA) is 0 Å². The quantitative estimate of drug-likeness (QED) is 0.399. The number of rotatable bonds is 0. The van der Waals surface area contributed by atoms with Crippen LogP contribution in [0.2, 0.25) is 0 Å². The zero-order valence-corrected chi connectivity index (χ0v) is 20.8. The van der Waals surface area contributed by atoms with Crippen LogP contribution in [0.15, 0.2) is 0 Å². The summed E-state index contributed by atoms with van der Waals surface area (Å²) in [6.07, 6.45) is 0. The molecule has 0 heterocycles. The maximum atomic E-state index is 2.66. The van der Waals surface area contributed by atoms with Gasteiger partial charge in [0, 0.05) is 0 Å². The molecule has 4 aliphatic carbocycles. The van der Waals surface area contributed by atoms with E-state index in [0.717, 1.165) is 101 Å². The Hall–Kier alpha value is 0. The first-order valence-corrected chi connectivity index (χ1v) is 13.0. The molecule has 0 saturated heterocycles. The van der Waals surface area contributed by atoms with Gasteiger partial charge >= 0.3 is 0 Å². The van der Waals surface area contributed by atoms with Crippen LogP contribution in [0.25, 0.3) is 0 Å². The molecule has 16 unspecified atom stereocenters. The van der Waals surface area contributed by atoms with Crippen molar-refractivity contribution in [2.75, 3.05) is 0 Å². The van der Waals surface area contributed by atoms with E-state index in [9.17, 15) is 0 Å². The Balaban J connectivity index is 1.88. The Morgan fingerprint density at radius 2 is 0.286 bits per heavy atom. The minimum absolute atomic E-state index is 0.886. The monoisotopic (exact) mass is 386 g/mol. The Kier molecular flexibility index (Phi) is 5.32. The molecule has 0 spiro atoms. The number of hydrogen-bond acceptors (Lipinski definition) is 0. The molecule has 0 aromatic heterocycles. The highest BCUT2D eigenvalue weighted by Crippen LogP contribution is 2.70. The van der Waals surface area contributed by atoms with E-state index in [1.807, 2.05) is 0 Å². The van der Waals surface area contributed by atoms with Gasteiger partial charge in [-0.3, -0.25) is 0 Å². The van der Waals surface area contributed by atoms with Crippen molar-refractivity contribution >= 4 is 0 Å². The maximum absolute atomic E-state index is 2.66. The lowest BCUT2D eigenvalue weighted by molar-refractivity contribution is -0.185. The van der Waals surface area contributed by atoms with Crippen LogP contribution in [0.5, 0.6) is 0 Å². The summed E-state index contributed by atoms with van der Waals surface area (Å²) in [6.45, 7) is 28.9. The lowest BCUT2D eigenvalue weighted by atomic mass is 9.39. The van der Waals surface area contributed by atoms with Crippen LogP contribution in [-0.2, 0) is 0 Å². The molecule has 4 saturated carbocycles. The molecule has 4 rings (SSSR count). The van der Waals surface area contributed by atoms with Crippen LogP contribution in [0.1, 0.15) is 76.2 Å². The fraction of sp³-hybridized carbons (Fsp3) is 1.00. The van der Waals surface area contributed by atoms with E-state index in [4.69, 9.17) is 0 Å². The second kappa shape index (κ2) is 7.02. The summed E-state index contributed by atoms with van der Waals surface area (Å²) < 4.78 is 0. The first-order chi connectivity index (χ1) is 13.0. The summed E-state index contributed by atoms with van der Waals surface area (Å²) in [6, 6.07) is 0. The van der Waals surface area contributed by atoms with Crippen molar-refractivity contribution in [3.05, 3.63) is 0 Å². The van der Waals surface area contributed by atoms with Gasteiger partial charge in [0.1, 0.15) is 0 Å². The molecule has 4 fully saturated rings. The van der Waals surface area contributed by atoms with Gasteiger partial charge in [-0.1, -0.05) is 76.2 Å². The van der Waals surface area contributed by atoms with Crippen LogP contribution < -0.4 is 0 Å². The molecule has 0 heteroatoms. The summed E-state index contributed by atoms with van der Waals surface area (Å²) in [4.78, 5) is 0. The lowest BCUT2D eigenvalue weighted by Gasteiger charge is -2.66. The summed E-state index contributed by atoms with van der Waals surface area (Å²) in [7, 11) is 0. The summed E-state index contributed by atoms with van der Waals surface area (Å²) in [5.41, 5.74) is 0. The van der Waals surface area contributed by atoms with Gasteiger partial charge in [-0.25, -0.2) is 0 Å². The van der Waals surface area contributed by atoms with Crippen molar-refractivity contribution in [2.45, 2.75) is 76.2 Å². The molecular formula is C28H50. The maximum Gasteiger partial charge on any atom is -0.0318 e. The van der Waals surface area contributed by atoms with E-state index in [1.165, 1.54) is 0 Å². The average Bonchev–Trinajstić information content (AvgIpc) is 2.90. The van der Waals surface area contributed by atoms with Crippen molar-refractivity contribution in [1.82, 2.24) is 0 Å². The van der Waals surface area contributed by atoms with E-state index in [1.54, 1.807) is 0 Å². The number of hydrogen-bond donors (Lipinski definition) is 0. The first-order valence-electron chi connectivity index (χ1n) is 13.0. The Bertz CT molecular complexity index is 529. The van der Waals surface area contributed by atoms with Gasteiger partial charge in [-0.2, -0.15) is 0 Å². The average molecular weight is 387 g/mol. The van der Waals surface area contributed by atoms with Gasteiger partial charge in [0.05, 0.1) is 0 Å². The molecule has 0 aromatic carbocycles. The predicted molar refractivity (Wildman–Crippen MR) is 122 cm³/mol. The third kappa shape index (κ3) is 2.54. The van der Waals surface area contributed by atoms with Crippen LogP contribution in [0.4, 0.5) is 0 Å². The minimum Gasteiger partial charge on any atom is -0.0620 e. The second-order valence-corrected chi connectivity index (χ2v) is 12.9. The summed E-state index contributed by atoms with van der Waals surface area (Å²) in [5.74, 6) is 15.8. The molecule has 4 aliphatic rings. The zero-order chi connectivity index (χ0) is 20.8. The van der Waals surface area contributed by atoms with Crippen molar-refractivity contribution in [1.29, 1.82) is 0 Å². The van der Waals surface area contributed by atoms with Crippen molar-refractivity contribution in [3.63, 3.8) is 0 Å². The van der Waals surface area contributed by atoms with Crippen molar-refractivity contribution in [3.8, 4) is 0 Å². The van der Waals surface area contributed by atoms with E-state index < -0.39 is 0 Å². The molecule has 0 radical (unpaired) electrons. The third-order valence-corrected chi connectivity index (χ3v) is 12.9. The minimum atomic E-state index is 0.886. The molecule has 0 aromatic rings. The highest BCUT2D eigenvalue weighted by atomic mass is 14.7. The van der Waals surface area contributed by atoms with Crippen LogP contribution in [0.3, 0.4) is 0 Å². The van der Waals surface area contributed by atoms with Gasteiger partial charge in [0.25, 0.3) is 0 Å². The summed E-state index contributed by atoms with van der Waals surface area (Å²) >= 11 is 0. The Morgan fingerprint density at radius 1 is 0.179 bits per heavy atom. The van der Waals surface area contributed by atoms with Gasteiger partial charge in [-0.15, -0.1) is 0 Å². The van der Waals surface area contributed by atoms with Crippen LogP contribution >= 0.6 is 0 Å². The second-order valence-electron chi connectivity index (χ2n) is 12.9. The van der Waals surface area contributed by atoms with Gasteiger partial charge in [0.2, 0.25) is 0 Å². The largest absolute Gasteiger partial charge is 0.0620 e. The van der Waals surface area contributed by atoms with Crippen molar-refractivity contribution in [2.24, 2.45) is 101 Å². The summed E-state index contributed by atoms with van der Waals surface area (Å²) in [5, 5.41) is 0. The normalized spacial score (nSPS) is 66.8. The fourth-order valence-electron chi connectivity index (χ4n) is 10.2. The van der Waals surface area contributed by atoms with E-state index >= 15 is 0 Å². The standard InChI is InChI=1S/C28H50/c1-12-14(3)19(8)25-23(17(12)6)24-18(7)13(2)15(4)20(9)26(24)28-22(11)16(5)21(10)27(25)28/h12-28H,1-11H3. The van der Waals surface area contributed by atoms with Gasteiger partial charge in [-0.05, 0) is 101 Å². The third-order valence-electron chi connectivity index (χ3n) is 12.9. The van der Waals surface area contributed by atoms with Crippen LogP contribution in [-0.4, -0.2) is 0 Å². The number of fused-ring (bicyclic) bond motifs is 6. The first kappa shape index (κ1) is 21.2. The van der Waals surface area contributed by atoms with Gasteiger partial charge < -0.3 is 0 Å². The fourth-order valence-corrected chi connectivity index (χ4v) is 10.2. The molecule has 28 heavy (non-hydrogen) atoms. The molecule has 0 nitrogen and oxygen atoms in total. The SMILES string of the molecule is CC1C(C)C(C)C2C(C1C)C1C(C)C(C)C(C)C(C)C1C1C(C)C(C)C(C)C21. The molecule has 0 aliphatic heterocycles. The molecule has 0 N–H and O–H groups in total. The Labute approximate surface area is 177 Å². The van der Waals surface area contributed by atoms with E-state index in [-0.39, 0.29) is 0 Å². The molecule has 16 atom stereocenters. The molecule has 162 valence electrons. The van der Waals surface area contributed by atoms with Crippen molar-refractivity contribution < 1.29 is 0 Å².